The highest BCUT2D eigenvalue weighted by Crippen LogP contribution is 2.57. The predicted molar refractivity (Wildman–Crippen MR) is 76.2 cm³/mol. The monoisotopic (exact) mass is 273 g/mol. The Kier molecular flexibility index (Phi) is 2.54. The standard InChI is InChI=1S/C16H23N3O/c1-18(15(20)14-3-4-17-19(14)2)16-8-11-5-12(9-16)7-13(6-11)10-16/h3-4,11-13H,5-10H2,1-2H3. The summed E-state index contributed by atoms with van der Waals surface area (Å²) in [5, 5.41) is 4.14. The second-order valence-electron chi connectivity index (χ2n) is 7.35. The molecular formula is C16H23N3O. The van der Waals surface area contributed by atoms with Gasteiger partial charge in [0.05, 0.1) is 0 Å². The Morgan fingerprint density at radius 2 is 1.80 bits per heavy atom. The van der Waals surface area contributed by atoms with Gasteiger partial charge in [-0.2, -0.15) is 5.10 Å². The van der Waals surface area contributed by atoms with Crippen LogP contribution in [0.4, 0.5) is 0 Å². The molecular weight excluding hydrogens is 250 g/mol. The average Bonchev–Trinajstić information content (AvgIpc) is 2.81. The van der Waals surface area contributed by atoms with Crippen LogP contribution in [0, 0.1) is 17.8 Å². The minimum absolute atomic E-state index is 0.135. The van der Waals surface area contributed by atoms with Crippen molar-refractivity contribution in [1.29, 1.82) is 0 Å². The highest BCUT2D eigenvalue weighted by atomic mass is 16.2. The highest BCUT2D eigenvalue weighted by molar-refractivity contribution is 5.92. The zero-order valence-electron chi connectivity index (χ0n) is 12.4. The summed E-state index contributed by atoms with van der Waals surface area (Å²) in [6.07, 6.45) is 9.60. The van der Waals surface area contributed by atoms with Crippen LogP contribution in [-0.4, -0.2) is 33.2 Å². The van der Waals surface area contributed by atoms with Gasteiger partial charge in [0.15, 0.2) is 0 Å². The Hall–Kier alpha value is -1.32. The Morgan fingerprint density at radius 3 is 2.25 bits per heavy atom. The van der Waals surface area contributed by atoms with Gasteiger partial charge in [0.1, 0.15) is 5.69 Å². The summed E-state index contributed by atoms with van der Waals surface area (Å²) in [5.74, 6) is 2.74. The van der Waals surface area contributed by atoms with Crippen LogP contribution in [-0.2, 0) is 7.05 Å². The summed E-state index contributed by atoms with van der Waals surface area (Å²) in [6.45, 7) is 0. The predicted octanol–water partition coefficient (Wildman–Crippen LogP) is 2.46. The van der Waals surface area contributed by atoms with E-state index in [0.29, 0.717) is 5.69 Å². The van der Waals surface area contributed by atoms with Gasteiger partial charge in [0, 0.05) is 25.8 Å². The van der Waals surface area contributed by atoms with Crippen molar-refractivity contribution in [3.63, 3.8) is 0 Å². The Balaban J connectivity index is 1.64. The fraction of sp³-hybridized carbons (Fsp3) is 0.750. The molecule has 0 N–H and O–H groups in total. The molecule has 1 amide bonds. The maximum atomic E-state index is 12.8. The normalized spacial score (nSPS) is 38.2. The lowest BCUT2D eigenvalue weighted by Gasteiger charge is -2.59. The number of carbonyl (C=O) groups is 1. The summed E-state index contributed by atoms with van der Waals surface area (Å²) in [6, 6.07) is 1.83. The van der Waals surface area contributed by atoms with Crippen LogP contribution in [0.5, 0.6) is 0 Å². The largest absolute Gasteiger partial charge is 0.335 e. The third kappa shape index (κ3) is 1.66. The van der Waals surface area contributed by atoms with Crippen LogP contribution in [0.15, 0.2) is 12.3 Å². The zero-order chi connectivity index (χ0) is 13.9. The van der Waals surface area contributed by atoms with Crippen LogP contribution in [0.25, 0.3) is 0 Å². The van der Waals surface area contributed by atoms with Crippen LogP contribution < -0.4 is 0 Å². The second-order valence-corrected chi connectivity index (χ2v) is 7.35. The summed E-state index contributed by atoms with van der Waals surface area (Å²) in [5.41, 5.74) is 0.846. The number of hydrogen-bond acceptors (Lipinski definition) is 2. The molecule has 1 heterocycles. The molecule has 0 saturated heterocycles. The van der Waals surface area contributed by atoms with E-state index in [2.05, 4.69) is 10.00 Å². The molecule has 1 aromatic rings. The number of carbonyl (C=O) groups excluding carboxylic acids is 1. The summed E-state index contributed by atoms with van der Waals surface area (Å²) < 4.78 is 1.69. The molecule has 4 aliphatic rings. The molecule has 5 rings (SSSR count). The first-order valence-electron chi connectivity index (χ1n) is 7.83. The first-order valence-corrected chi connectivity index (χ1v) is 7.83. The molecule has 4 fully saturated rings. The van der Waals surface area contributed by atoms with Gasteiger partial charge < -0.3 is 4.90 Å². The van der Waals surface area contributed by atoms with Crippen LogP contribution in [0.2, 0.25) is 0 Å². The SMILES string of the molecule is CN(C(=O)c1ccnn1C)C12CC3CC(CC(C3)C1)C2. The molecule has 0 atom stereocenters. The molecule has 0 spiro atoms. The molecule has 20 heavy (non-hydrogen) atoms. The Bertz CT molecular complexity index is 512. The van der Waals surface area contributed by atoms with Gasteiger partial charge in [-0.15, -0.1) is 0 Å². The van der Waals surface area contributed by atoms with Gasteiger partial charge in [-0.3, -0.25) is 9.48 Å². The fourth-order valence-electron chi connectivity index (χ4n) is 5.45. The van der Waals surface area contributed by atoms with Gasteiger partial charge in [-0.25, -0.2) is 0 Å². The number of amides is 1. The fourth-order valence-corrected chi connectivity index (χ4v) is 5.45. The van der Waals surface area contributed by atoms with Crippen molar-refractivity contribution in [2.45, 2.75) is 44.1 Å². The van der Waals surface area contributed by atoms with Gasteiger partial charge >= 0.3 is 0 Å². The van der Waals surface area contributed by atoms with E-state index in [4.69, 9.17) is 0 Å². The summed E-state index contributed by atoms with van der Waals surface area (Å²) >= 11 is 0. The number of aryl methyl sites for hydroxylation is 1. The third-order valence-corrected chi connectivity index (χ3v) is 6.06. The van der Waals surface area contributed by atoms with E-state index >= 15 is 0 Å². The topological polar surface area (TPSA) is 38.1 Å². The van der Waals surface area contributed by atoms with Crippen molar-refractivity contribution in [3.05, 3.63) is 18.0 Å². The van der Waals surface area contributed by atoms with Gasteiger partial charge in [-0.1, -0.05) is 0 Å². The number of nitrogens with zero attached hydrogens (tertiary/aromatic N) is 3. The van der Waals surface area contributed by atoms with Crippen LogP contribution >= 0.6 is 0 Å². The van der Waals surface area contributed by atoms with Crippen molar-refractivity contribution in [2.75, 3.05) is 7.05 Å². The van der Waals surface area contributed by atoms with Gasteiger partial charge in [0.2, 0.25) is 0 Å². The Morgan fingerprint density at radius 1 is 1.25 bits per heavy atom. The van der Waals surface area contributed by atoms with E-state index in [0.717, 1.165) is 17.8 Å². The van der Waals surface area contributed by atoms with E-state index in [1.54, 1.807) is 10.9 Å². The molecule has 108 valence electrons. The van der Waals surface area contributed by atoms with E-state index in [1.165, 1.54) is 38.5 Å². The molecule has 4 heteroatoms. The molecule has 4 aliphatic carbocycles. The number of rotatable bonds is 2. The molecule has 4 bridgehead atoms. The van der Waals surface area contributed by atoms with Crippen molar-refractivity contribution in [3.8, 4) is 0 Å². The molecule has 4 saturated carbocycles. The number of hydrogen-bond donors (Lipinski definition) is 0. The van der Waals surface area contributed by atoms with Gasteiger partial charge in [0.25, 0.3) is 5.91 Å². The lowest BCUT2D eigenvalue weighted by molar-refractivity contribution is -0.0668. The highest BCUT2D eigenvalue weighted by Gasteiger charge is 2.53. The summed E-state index contributed by atoms with van der Waals surface area (Å²) in [7, 11) is 3.86. The van der Waals surface area contributed by atoms with E-state index in [-0.39, 0.29) is 11.4 Å². The first kappa shape index (κ1) is 12.4. The lowest BCUT2D eigenvalue weighted by Crippen LogP contribution is -2.60. The molecule has 4 nitrogen and oxygen atoms in total. The molecule has 0 aliphatic heterocycles. The van der Waals surface area contributed by atoms with Gasteiger partial charge in [-0.05, 0) is 62.3 Å². The average molecular weight is 273 g/mol. The molecule has 1 aromatic heterocycles. The quantitative estimate of drug-likeness (QED) is 0.830. The van der Waals surface area contributed by atoms with Crippen molar-refractivity contribution < 1.29 is 4.79 Å². The smallest absolute Gasteiger partial charge is 0.272 e. The van der Waals surface area contributed by atoms with Crippen molar-refractivity contribution >= 4 is 5.91 Å². The molecule has 0 unspecified atom stereocenters. The van der Waals surface area contributed by atoms with Crippen molar-refractivity contribution in [2.24, 2.45) is 24.8 Å². The van der Waals surface area contributed by atoms with Crippen LogP contribution in [0.3, 0.4) is 0 Å². The van der Waals surface area contributed by atoms with E-state index in [1.807, 2.05) is 20.2 Å². The lowest BCUT2D eigenvalue weighted by atomic mass is 9.52. The Labute approximate surface area is 120 Å². The first-order chi connectivity index (χ1) is 9.57. The third-order valence-electron chi connectivity index (χ3n) is 6.06. The summed E-state index contributed by atoms with van der Waals surface area (Å²) in [4.78, 5) is 14.9. The van der Waals surface area contributed by atoms with E-state index < -0.39 is 0 Å². The van der Waals surface area contributed by atoms with Crippen molar-refractivity contribution in [1.82, 2.24) is 14.7 Å². The molecule has 0 radical (unpaired) electrons. The van der Waals surface area contributed by atoms with Crippen LogP contribution in [0.1, 0.15) is 49.0 Å². The zero-order valence-corrected chi connectivity index (χ0v) is 12.4. The number of aromatic nitrogens is 2. The minimum atomic E-state index is 0.135. The molecule has 0 aromatic carbocycles. The van der Waals surface area contributed by atoms with E-state index in [9.17, 15) is 4.79 Å². The maximum absolute atomic E-state index is 12.8. The second kappa shape index (κ2) is 4.09. The minimum Gasteiger partial charge on any atom is -0.335 e. The maximum Gasteiger partial charge on any atom is 0.272 e.